The molecule has 1 N–H and O–H groups in total. The lowest BCUT2D eigenvalue weighted by Gasteiger charge is -2.29. The van der Waals surface area contributed by atoms with Crippen LogP contribution >= 0.6 is 0 Å². The van der Waals surface area contributed by atoms with Crippen molar-refractivity contribution in [3.63, 3.8) is 0 Å². The number of likely N-dealkylation sites (N-methyl/N-ethyl adjacent to an activating group) is 1. The fraction of sp³-hybridized carbons (Fsp3) is 0.692. The summed E-state index contributed by atoms with van der Waals surface area (Å²) in [5, 5.41) is 2.96. The summed E-state index contributed by atoms with van der Waals surface area (Å²) in [4.78, 5) is 49.8. The van der Waals surface area contributed by atoms with Crippen LogP contribution in [0.2, 0.25) is 0 Å². The first-order chi connectivity index (χ1) is 9.49. The first kappa shape index (κ1) is 13.2. The van der Waals surface area contributed by atoms with Crippen LogP contribution in [-0.4, -0.2) is 58.6 Å². The van der Waals surface area contributed by atoms with E-state index in [0.29, 0.717) is 6.42 Å². The molecule has 0 bridgehead atoms. The van der Waals surface area contributed by atoms with Gasteiger partial charge in [-0.2, -0.15) is 0 Å². The van der Waals surface area contributed by atoms with E-state index in [1.165, 1.54) is 11.9 Å². The lowest BCUT2D eigenvalue weighted by Crippen LogP contribution is -2.55. The van der Waals surface area contributed by atoms with Crippen molar-refractivity contribution in [1.82, 2.24) is 15.1 Å². The van der Waals surface area contributed by atoms with Gasteiger partial charge in [-0.3, -0.25) is 34.3 Å². The van der Waals surface area contributed by atoms with Crippen LogP contribution in [0.1, 0.15) is 32.1 Å². The Kier molecular flexibility index (Phi) is 3.08. The van der Waals surface area contributed by atoms with Gasteiger partial charge in [0.25, 0.3) is 0 Å². The quantitative estimate of drug-likeness (QED) is 0.671. The predicted molar refractivity (Wildman–Crippen MR) is 67.2 cm³/mol. The third-order valence-corrected chi connectivity index (χ3v) is 4.15. The van der Waals surface area contributed by atoms with E-state index in [2.05, 4.69) is 5.32 Å². The van der Waals surface area contributed by atoms with E-state index >= 15 is 0 Å². The van der Waals surface area contributed by atoms with E-state index < -0.39 is 12.1 Å². The van der Waals surface area contributed by atoms with Gasteiger partial charge in [-0.05, 0) is 19.3 Å². The molecule has 3 rings (SSSR count). The number of piperidine rings is 1. The Hall–Kier alpha value is -1.76. The second-order valence-electron chi connectivity index (χ2n) is 5.64. The molecule has 3 aliphatic rings. The van der Waals surface area contributed by atoms with E-state index in [-0.39, 0.29) is 42.5 Å². The SMILES string of the molecule is CN1C(=O)CCC(NC2CC(=O)N(C3CC3)C2=O)C1=O. The van der Waals surface area contributed by atoms with E-state index in [0.717, 1.165) is 17.7 Å². The lowest BCUT2D eigenvalue weighted by molar-refractivity contribution is -0.148. The molecule has 4 amide bonds. The Balaban J connectivity index is 1.66. The molecule has 0 spiro atoms. The average Bonchev–Trinajstić information content (AvgIpc) is 3.19. The Morgan fingerprint density at radius 1 is 0.950 bits per heavy atom. The number of likely N-dealkylation sites (tertiary alicyclic amines) is 2. The molecule has 1 saturated carbocycles. The third-order valence-electron chi connectivity index (χ3n) is 4.15. The molecule has 1 aliphatic carbocycles. The maximum atomic E-state index is 12.2. The second kappa shape index (κ2) is 4.66. The van der Waals surface area contributed by atoms with Crippen LogP contribution in [0.5, 0.6) is 0 Å². The van der Waals surface area contributed by atoms with Crippen molar-refractivity contribution in [2.24, 2.45) is 0 Å². The summed E-state index contributed by atoms with van der Waals surface area (Å²) in [6.07, 6.45) is 2.52. The molecule has 2 saturated heterocycles. The zero-order valence-electron chi connectivity index (χ0n) is 11.3. The molecule has 3 fully saturated rings. The van der Waals surface area contributed by atoms with Gasteiger partial charge in [0.05, 0.1) is 18.5 Å². The summed E-state index contributed by atoms with van der Waals surface area (Å²) < 4.78 is 0. The van der Waals surface area contributed by atoms with Gasteiger partial charge >= 0.3 is 0 Å². The third kappa shape index (κ3) is 2.11. The van der Waals surface area contributed by atoms with Crippen LogP contribution in [0.15, 0.2) is 0 Å². The normalized spacial score (nSPS) is 31.4. The molecule has 2 heterocycles. The molecule has 0 aromatic carbocycles. The molecule has 108 valence electrons. The number of carbonyl (C=O) groups is 4. The average molecular weight is 279 g/mol. The molecule has 2 aliphatic heterocycles. The molecule has 7 nitrogen and oxygen atoms in total. The fourth-order valence-corrected chi connectivity index (χ4v) is 2.81. The Morgan fingerprint density at radius 3 is 2.30 bits per heavy atom. The minimum absolute atomic E-state index is 0.0631. The van der Waals surface area contributed by atoms with Crippen molar-refractivity contribution >= 4 is 23.6 Å². The van der Waals surface area contributed by atoms with Gasteiger partial charge < -0.3 is 0 Å². The van der Waals surface area contributed by atoms with Gasteiger partial charge in [0, 0.05) is 19.5 Å². The Labute approximate surface area is 116 Å². The van der Waals surface area contributed by atoms with Gasteiger partial charge in [0.1, 0.15) is 0 Å². The maximum Gasteiger partial charge on any atom is 0.247 e. The standard InChI is InChI=1S/C13H17N3O4/c1-15-10(17)5-4-8(12(15)19)14-9-6-11(18)16(13(9)20)7-2-3-7/h7-9,14H,2-6H2,1H3. The number of imide groups is 2. The van der Waals surface area contributed by atoms with Crippen LogP contribution in [-0.2, 0) is 19.2 Å². The molecule has 0 radical (unpaired) electrons. The van der Waals surface area contributed by atoms with Crippen molar-refractivity contribution in [3.05, 3.63) is 0 Å². The molecule has 2 unspecified atom stereocenters. The predicted octanol–water partition coefficient (Wildman–Crippen LogP) is -0.987. The van der Waals surface area contributed by atoms with E-state index in [1.807, 2.05) is 0 Å². The number of hydrogen-bond acceptors (Lipinski definition) is 5. The highest BCUT2D eigenvalue weighted by Crippen LogP contribution is 2.31. The number of carbonyl (C=O) groups excluding carboxylic acids is 4. The lowest BCUT2D eigenvalue weighted by atomic mass is 10.0. The van der Waals surface area contributed by atoms with Gasteiger partial charge in [0.15, 0.2) is 0 Å². The van der Waals surface area contributed by atoms with Crippen LogP contribution < -0.4 is 5.32 Å². The Morgan fingerprint density at radius 2 is 1.65 bits per heavy atom. The molecule has 20 heavy (non-hydrogen) atoms. The van der Waals surface area contributed by atoms with Crippen molar-refractivity contribution in [2.45, 2.75) is 50.2 Å². The molecular formula is C13H17N3O4. The second-order valence-corrected chi connectivity index (χ2v) is 5.64. The van der Waals surface area contributed by atoms with Crippen LogP contribution in [0, 0.1) is 0 Å². The summed E-state index contributed by atoms with van der Waals surface area (Å²) >= 11 is 0. The molecule has 0 aromatic rings. The van der Waals surface area contributed by atoms with Crippen LogP contribution in [0.25, 0.3) is 0 Å². The summed E-state index contributed by atoms with van der Waals surface area (Å²) in [5.41, 5.74) is 0. The summed E-state index contributed by atoms with van der Waals surface area (Å²) in [5.74, 6) is -0.930. The van der Waals surface area contributed by atoms with E-state index in [9.17, 15) is 19.2 Å². The summed E-state index contributed by atoms with van der Waals surface area (Å²) in [6, 6.07) is -1.12. The van der Waals surface area contributed by atoms with Gasteiger partial charge in [0.2, 0.25) is 23.6 Å². The van der Waals surface area contributed by atoms with E-state index in [4.69, 9.17) is 0 Å². The number of amides is 4. The highest BCUT2D eigenvalue weighted by atomic mass is 16.2. The number of hydrogen-bond donors (Lipinski definition) is 1. The summed E-state index contributed by atoms with van der Waals surface area (Å²) in [7, 11) is 1.44. The number of rotatable bonds is 3. The number of nitrogens with one attached hydrogen (secondary N) is 1. The van der Waals surface area contributed by atoms with Crippen LogP contribution in [0.4, 0.5) is 0 Å². The minimum Gasteiger partial charge on any atom is -0.294 e. The van der Waals surface area contributed by atoms with Crippen molar-refractivity contribution in [1.29, 1.82) is 0 Å². The molecule has 2 atom stereocenters. The summed E-state index contributed by atoms with van der Waals surface area (Å²) in [6.45, 7) is 0. The first-order valence-electron chi connectivity index (χ1n) is 6.91. The largest absolute Gasteiger partial charge is 0.294 e. The van der Waals surface area contributed by atoms with E-state index in [1.54, 1.807) is 0 Å². The maximum absolute atomic E-state index is 12.2. The van der Waals surface area contributed by atoms with Crippen molar-refractivity contribution < 1.29 is 19.2 Å². The zero-order valence-corrected chi connectivity index (χ0v) is 11.3. The number of nitrogens with zero attached hydrogens (tertiary/aromatic N) is 2. The molecule has 7 heteroatoms. The highest BCUT2D eigenvalue weighted by Gasteiger charge is 2.47. The Bertz CT molecular complexity index is 500. The van der Waals surface area contributed by atoms with Gasteiger partial charge in [-0.1, -0.05) is 0 Å². The molecular weight excluding hydrogens is 262 g/mol. The van der Waals surface area contributed by atoms with Gasteiger partial charge in [-0.15, -0.1) is 0 Å². The van der Waals surface area contributed by atoms with Crippen molar-refractivity contribution in [3.8, 4) is 0 Å². The topological polar surface area (TPSA) is 86.8 Å². The molecule has 0 aromatic heterocycles. The smallest absolute Gasteiger partial charge is 0.247 e. The first-order valence-corrected chi connectivity index (χ1v) is 6.91. The zero-order chi connectivity index (χ0) is 14.4. The van der Waals surface area contributed by atoms with Crippen LogP contribution in [0.3, 0.4) is 0 Å². The fourth-order valence-electron chi connectivity index (χ4n) is 2.81. The van der Waals surface area contributed by atoms with Gasteiger partial charge in [-0.25, -0.2) is 0 Å². The highest BCUT2D eigenvalue weighted by molar-refractivity contribution is 6.07. The monoisotopic (exact) mass is 279 g/mol. The van der Waals surface area contributed by atoms with Crippen molar-refractivity contribution in [2.75, 3.05) is 7.05 Å². The minimum atomic E-state index is -0.626.